The van der Waals surface area contributed by atoms with Gasteiger partial charge < -0.3 is 5.11 Å². The minimum Gasteiger partial charge on any atom is -0.481 e. The summed E-state index contributed by atoms with van der Waals surface area (Å²) in [6, 6.07) is 1.71. The van der Waals surface area contributed by atoms with Crippen LogP contribution in [0.2, 0.25) is 0 Å². The van der Waals surface area contributed by atoms with Crippen LogP contribution in [0, 0.1) is 6.92 Å². The lowest BCUT2D eigenvalue weighted by Gasteiger charge is -2.03. The molecule has 0 aromatic carbocycles. The number of H-pyrrole nitrogens is 1. The Morgan fingerprint density at radius 1 is 1.41 bits per heavy atom. The Morgan fingerprint density at radius 2 is 2.23 bits per heavy atom. The van der Waals surface area contributed by atoms with E-state index in [-0.39, 0.29) is 18.4 Å². The predicted molar refractivity (Wildman–Crippen MR) is 77.5 cm³/mol. The van der Waals surface area contributed by atoms with Gasteiger partial charge in [-0.15, -0.1) is 0 Å². The molecule has 112 valence electrons. The van der Waals surface area contributed by atoms with Crippen molar-refractivity contribution in [2.75, 3.05) is 0 Å². The molecule has 0 aliphatic carbocycles. The Balaban J connectivity index is 2.11. The molecule has 0 atom stereocenters. The minimum atomic E-state index is -0.948. The van der Waals surface area contributed by atoms with Crippen molar-refractivity contribution in [1.29, 1.82) is 0 Å². The number of carbonyl (C=O) groups is 1. The Bertz CT molecular complexity index is 898. The molecular weight excluding hydrogens is 286 g/mol. The summed E-state index contributed by atoms with van der Waals surface area (Å²) < 4.78 is 1.30. The number of carboxylic acid groups (broad SMARTS) is 1. The van der Waals surface area contributed by atoms with Gasteiger partial charge in [0, 0.05) is 36.1 Å². The third-order valence-electron chi connectivity index (χ3n) is 3.34. The van der Waals surface area contributed by atoms with Gasteiger partial charge in [0.2, 0.25) is 0 Å². The van der Waals surface area contributed by atoms with Gasteiger partial charge >= 0.3 is 5.97 Å². The largest absolute Gasteiger partial charge is 0.481 e. The van der Waals surface area contributed by atoms with Crippen LogP contribution < -0.4 is 5.56 Å². The summed E-state index contributed by atoms with van der Waals surface area (Å²) >= 11 is 0. The number of aromatic amines is 1. The van der Waals surface area contributed by atoms with Gasteiger partial charge in [0.1, 0.15) is 5.69 Å². The maximum atomic E-state index is 12.5. The van der Waals surface area contributed by atoms with E-state index in [2.05, 4.69) is 20.1 Å². The summed E-state index contributed by atoms with van der Waals surface area (Å²) in [6.07, 6.45) is 4.73. The number of rotatable bonds is 4. The number of nitrogens with one attached hydrogen (secondary N) is 1. The highest BCUT2D eigenvalue weighted by atomic mass is 16.4. The molecule has 0 aliphatic heterocycles. The van der Waals surface area contributed by atoms with E-state index in [1.807, 2.05) is 0 Å². The zero-order chi connectivity index (χ0) is 15.7. The van der Waals surface area contributed by atoms with Crippen LogP contribution in [0.3, 0.4) is 0 Å². The fourth-order valence-electron chi connectivity index (χ4n) is 2.26. The summed E-state index contributed by atoms with van der Waals surface area (Å²) in [5.74, 6) is -0.948. The molecule has 22 heavy (non-hydrogen) atoms. The van der Waals surface area contributed by atoms with Crippen LogP contribution in [0.5, 0.6) is 0 Å². The maximum absolute atomic E-state index is 12.5. The van der Waals surface area contributed by atoms with Crippen molar-refractivity contribution in [3.05, 3.63) is 46.3 Å². The van der Waals surface area contributed by atoms with E-state index in [0.29, 0.717) is 28.3 Å². The average Bonchev–Trinajstić information content (AvgIpc) is 2.92. The number of carboxylic acids is 1. The lowest BCUT2D eigenvalue weighted by atomic mass is 10.1. The van der Waals surface area contributed by atoms with Crippen LogP contribution >= 0.6 is 0 Å². The number of hydrogen-bond donors (Lipinski definition) is 2. The minimum absolute atomic E-state index is 0.110. The van der Waals surface area contributed by atoms with Crippen molar-refractivity contribution in [1.82, 2.24) is 24.6 Å². The van der Waals surface area contributed by atoms with E-state index in [0.717, 1.165) is 0 Å². The molecule has 0 aliphatic rings. The maximum Gasteiger partial charge on any atom is 0.303 e. The van der Waals surface area contributed by atoms with Gasteiger partial charge in [-0.25, -0.2) is 9.50 Å². The number of aryl methyl sites for hydroxylation is 1. The van der Waals surface area contributed by atoms with Gasteiger partial charge in [0.25, 0.3) is 5.56 Å². The Labute approximate surface area is 124 Å². The molecule has 3 rings (SSSR count). The van der Waals surface area contributed by atoms with Crippen molar-refractivity contribution in [2.45, 2.75) is 19.8 Å². The van der Waals surface area contributed by atoms with E-state index in [1.165, 1.54) is 4.52 Å². The van der Waals surface area contributed by atoms with E-state index in [1.54, 1.807) is 31.6 Å². The molecule has 0 saturated heterocycles. The zero-order valence-corrected chi connectivity index (χ0v) is 11.8. The number of fused-ring (bicyclic) bond motifs is 1. The molecule has 0 bridgehead atoms. The lowest BCUT2D eigenvalue weighted by Crippen LogP contribution is -2.22. The molecule has 2 N–H and O–H groups in total. The van der Waals surface area contributed by atoms with Crippen molar-refractivity contribution in [3.8, 4) is 11.4 Å². The molecule has 3 heterocycles. The fraction of sp³-hybridized carbons (Fsp3) is 0.214. The fourth-order valence-corrected chi connectivity index (χ4v) is 2.26. The van der Waals surface area contributed by atoms with Crippen LogP contribution in [0.4, 0.5) is 0 Å². The summed E-state index contributed by atoms with van der Waals surface area (Å²) in [5.41, 5.74) is 2.31. The second-order valence-electron chi connectivity index (χ2n) is 4.83. The van der Waals surface area contributed by atoms with Crippen LogP contribution in [-0.4, -0.2) is 35.6 Å². The van der Waals surface area contributed by atoms with Gasteiger partial charge in [-0.1, -0.05) is 0 Å². The van der Waals surface area contributed by atoms with E-state index < -0.39 is 5.97 Å². The molecule has 0 amide bonds. The molecule has 0 fully saturated rings. The molecule has 0 unspecified atom stereocenters. The van der Waals surface area contributed by atoms with Crippen molar-refractivity contribution in [3.63, 3.8) is 0 Å². The molecule has 3 aromatic heterocycles. The second-order valence-corrected chi connectivity index (χ2v) is 4.83. The standard InChI is InChI=1S/C14H13N5O3/c1-8-9(2-3-13(20)21)14(22)19-12(17-8)6-10(18-19)11-7-15-4-5-16-11/h4-7,18H,2-3H2,1H3,(H,20,21). The van der Waals surface area contributed by atoms with Crippen LogP contribution in [-0.2, 0) is 11.2 Å². The van der Waals surface area contributed by atoms with Crippen molar-refractivity contribution < 1.29 is 9.90 Å². The molecule has 0 radical (unpaired) electrons. The monoisotopic (exact) mass is 299 g/mol. The zero-order valence-electron chi connectivity index (χ0n) is 11.8. The van der Waals surface area contributed by atoms with E-state index in [4.69, 9.17) is 5.11 Å². The average molecular weight is 299 g/mol. The molecule has 0 saturated carbocycles. The Hall–Kier alpha value is -3.03. The lowest BCUT2D eigenvalue weighted by molar-refractivity contribution is -0.136. The number of aliphatic carboxylic acids is 1. The molecular formula is C14H13N5O3. The second kappa shape index (κ2) is 5.40. The van der Waals surface area contributed by atoms with E-state index >= 15 is 0 Å². The van der Waals surface area contributed by atoms with Crippen molar-refractivity contribution in [2.24, 2.45) is 0 Å². The first kappa shape index (κ1) is 13.9. The third kappa shape index (κ3) is 2.46. The number of nitrogens with zero attached hydrogens (tertiary/aromatic N) is 4. The number of hydrogen-bond acceptors (Lipinski definition) is 5. The van der Waals surface area contributed by atoms with Gasteiger partial charge in [0.05, 0.1) is 11.9 Å². The van der Waals surface area contributed by atoms with Crippen LogP contribution in [0.15, 0.2) is 29.5 Å². The Kier molecular flexibility index (Phi) is 3.42. The SMILES string of the molecule is Cc1nc2cc(-c3cnccn3)[nH]n2c(=O)c1CCC(=O)O. The summed E-state index contributed by atoms with van der Waals surface area (Å²) in [5, 5.41) is 11.7. The summed E-state index contributed by atoms with van der Waals surface area (Å²) in [4.78, 5) is 35.7. The predicted octanol–water partition coefficient (Wildman–Crippen LogP) is 0.805. The molecule has 3 aromatic rings. The summed E-state index contributed by atoms with van der Waals surface area (Å²) in [7, 11) is 0. The molecule has 8 heteroatoms. The number of aromatic nitrogens is 5. The molecule has 0 spiro atoms. The van der Waals surface area contributed by atoms with Gasteiger partial charge in [-0.05, 0) is 13.3 Å². The first-order valence-corrected chi connectivity index (χ1v) is 6.65. The Morgan fingerprint density at radius 3 is 2.91 bits per heavy atom. The quantitative estimate of drug-likeness (QED) is 0.737. The van der Waals surface area contributed by atoms with Crippen molar-refractivity contribution >= 4 is 11.6 Å². The summed E-state index contributed by atoms with van der Waals surface area (Å²) in [6.45, 7) is 1.70. The highest BCUT2D eigenvalue weighted by Crippen LogP contribution is 2.15. The van der Waals surface area contributed by atoms with Crippen LogP contribution in [0.1, 0.15) is 17.7 Å². The normalized spacial score (nSPS) is 11.0. The topological polar surface area (TPSA) is 113 Å². The molecule has 8 nitrogen and oxygen atoms in total. The highest BCUT2D eigenvalue weighted by Gasteiger charge is 2.14. The first-order valence-electron chi connectivity index (χ1n) is 6.65. The van der Waals surface area contributed by atoms with Gasteiger partial charge in [-0.3, -0.25) is 24.7 Å². The smallest absolute Gasteiger partial charge is 0.303 e. The van der Waals surface area contributed by atoms with Crippen LogP contribution in [0.25, 0.3) is 17.0 Å². The first-order chi connectivity index (χ1) is 10.6. The highest BCUT2D eigenvalue weighted by molar-refractivity contribution is 5.67. The van der Waals surface area contributed by atoms with Gasteiger partial charge in [0.15, 0.2) is 5.65 Å². The van der Waals surface area contributed by atoms with E-state index in [9.17, 15) is 9.59 Å². The third-order valence-corrected chi connectivity index (χ3v) is 3.34. The van der Waals surface area contributed by atoms with Gasteiger partial charge in [-0.2, -0.15) is 0 Å².